The van der Waals surface area contributed by atoms with E-state index in [-0.39, 0.29) is 12.0 Å². The molecule has 0 saturated heterocycles. The minimum atomic E-state index is -0.669. The number of rotatable bonds is 4. The fraction of sp³-hybridized carbons (Fsp3) is 0.538. The van der Waals surface area contributed by atoms with Crippen LogP contribution in [-0.2, 0) is 16.1 Å². The fourth-order valence-electron chi connectivity index (χ4n) is 2.17. The molecule has 1 aliphatic rings. The summed E-state index contributed by atoms with van der Waals surface area (Å²) in [7, 11) is 0. The third kappa shape index (κ3) is 3.53. The Bertz CT molecular complexity index is 358. The van der Waals surface area contributed by atoms with E-state index in [9.17, 15) is 4.79 Å². The number of carbonyl (C=O) groups is 1. The fourth-order valence-corrected chi connectivity index (χ4v) is 2.17. The molecule has 1 aromatic heterocycles. The standard InChI is InChI=1S/C13H17NO3/c15-13(16)11-1-3-12(4-2-11)17-9-10-5-7-14-8-6-10/h5-8,11-12H,1-4,9H2,(H,15,16). The first-order valence-electron chi connectivity index (χ1n) is 5.99. The van der Waals surface area contributed by atoms with E-state index >= 15 is 0 Å². The average molecular weight is 235 g/mol. The van der Waals surface area contributed by atoms with Crippen molar-refractivity contribution in [3.05, 3.63) is 30.1 Å². The predicted molar refractivity (Wildman–Crippen MR) is 62.4 cm³/mol. The van der Waals surface area contributed by atoms with Gasteiger partial charge in [-0.15, -0.1) is 0 Å². The Hall–Kier alpha value is -1.42. The molecule has 1 aliphatic carbocycles. The number of ether oxygens (including phenoxy) is 1. The Balaban J connectivity index is 1.74. The maximum atomic E-state index is 10.8. The number of aliphatic carboxylic acids is 1. The lowest BCUT2D eigenvalue weighted by Gasteiger charge is -2.26. The third-order valence-electron chi connectivity index (χ3n) is 3.26. The molecular formula is C13H17NO3. The van der Waals surface area contributed by atoms with Crippen LogP contribution in [0.2, 0.25) is 0 Å². The van der Waals surface area contributed by atoms with Gasteiger partial charge in [-0.3, -0.25) is 9.78 Å². The zero-order valence-corrected chi connectivity index (χ0v) is 9.71. The molecule has 92 valence electrons. The van der Waals surface area contributed by atoms with E-state index in [4.69, 9.17) is 9.84 Å². The smallest absolute Gasteiger partial charge is 0.306 e. The number of carboxylic acid groups (broad SMARTS) is 1. The van der Waals surface area contributed by atoms with Crippen LogP contribution in [0.1, 0.15) is 31.2 Å². The van der Waals surface area contributed by atoms with E-state index in [1.165, 1.54) is 0 Å². The van der Waals surface area contributed by atoms with Crippen molar-refractivity contribution in [2.75, 3.05) is 0 Å². The predicted octanol–water partition coefficient (Wildman–Crippen LogP) is 2.24. The molecule has 0 unspecified atom stereocenters. The number of carboxylic acids is 1. The van der Waals surface area contributed by atoms with Gasteiger partial charge in [-0.05, 0) is 43.4 Å². The summed E-state index contributed by atoms with van der Waals surface area (Å²) in [5, 5.41) is 8.88. The van der Waals surface area contributed by atoms with Crippen molar-refractivity contribution in [3.8, 4) is 0 Å². The summed E-state index contributed by atoms with van der Waals surface area (Å²) in [4.78, 5) is 14.7. The first-order chi connectivity index (χ1) is 8.25. The zero-order chi connectivity index (χ0) is 12.1. The van der Waals surface area contributed by atoms with Crippen LogP contribution in [0.25, 0.3) is 0 Å². The second-order valence-electron chi connectivity index (χ2n) is 4.48. The summed E-state index contributed by atoms with van der Waals surface area (Å²) in [6.45, 7) is 0.588. The summed E-state index contributed by atoms with van der Waals surface area (Å²) < 4.78 is 5.78. The molecular weight excluding hydrogens is 218 g/mol. The van der Waals surface area contributed by atoms with Gasteiger partial charge in [0, 0.05) is 12.4 Å². The SMILES string of the molecule is O=C(O)C1CCC(OCc2ccncc2)CC1. The van der Waals surface area contributed by atoms with Crippen LogP contribution in [0.15, 0.2) is 24.5 Å². The molecule has 0 atom stereocenters. The highest BCUT2D eigenvalue weighted by Crippen LogP contribution is 2.26. The van der Waals surface area contributed by atoms with Crippen molar-refractivity contribution in [2.45, 2.75) is 38.4 Å². The van der Waals surface area contributed by atoms with Crippen LogP contribution in [0.4, 0.5) is 0 Å². The molecule has 0 spiro atoms. The second-order valence-corrected chi connectivity index (χ2v) is 4.48. The van der Waals surface area contributed by atoms with Gasteiger partial charge in [0.2, 0.25) is 0 Å². The van der Waals surface area contributed by atoms with Crippen LogP contribution in [-0.4, -0.2) is 22.2 Å². The number of pyridine rings is 1. The number of hydrogen-bond acceptors (Lipinski definition) is 3. The minimum Gasteiger partial charge on any atom is -0.481 e. The zero-order valence-electron chi connectivity index (χ0n) is 9.71. The lowest BCUT2D eigenvalue weighted by atomic mass is 9.87. The monoisotopic (exact) mass is 235 g/mol. The highest BCUT2D eigenvalue weighted by atomic mass is 16.5. The van der Waals surface area contributed by atoms with Crippen molar-refractivity contribution in [1.29, 1.82) is 0 Å². The number of hydrogen-bond donors (Lipinski definition) is 1. The Morgan fingerprint density at radius 3 is 2.53 bits per heavy atom. The quantitative estimate of drug-likeness (QED) is 0.869. The number of nitrogens with zero attached hydrogens (tertiary/aromatic N) is 1. The van der Waals surface area contributed by atoms with Gasteiger partial charge >= 0.3 is 5.97 Å². The van der Waals surface area contributed by atoms with Crippen LogP contribution in [0.3, 0.4) is 0 Å². The Morgan fingerprint density at radius 1 is 1.29 bits per heavy atom. The van der Waals surface area contributed by atoms with E-state index in [1.807, 2.05) is 12.1 Å². The largest absolute Gasteiger partial charge is 0.481 e. The van der Waals surface area contributed by atoms with Gasteiger partial charge in [0.1, 0.15) is 0 Å². The summed E-state index contributed by atoms with van der Waals surface area (Å²) in [5.74, 6) is -0.839. The average Bonchev–Trinajstić information content (AvgIpc) is 2.38. The highest BCUT2D eigenvalue weighted by Gasteiger charge is 2.26. The minimum absolute atomic E-state index is 0.171. The van der Waals surface area contributed by atoms with Gasteiger partial charge in [0.05, 0.1) is 18.6 Å². The third-order valence-corrected chi connectivity index (χ3v) is 3.26. The van der Waals surface area contributed by atoms with E-state index in [2.05, 4.69) is 4.98 Å². The normalized spacial score (nSPS) is 24.5. The van der Waals surface area contributed by atoms with Crippen LogP contribution in [0, 0.1) is 5.92 Å². The van der Waals surface area contributed by atoms with E-state index < -0.39 is 5.97 Å². The molecule has 0 aromatic carbocycles. The molecule has 1 fully saturated rings. The first-order valence-corrected chi connectivity index (χ1v) is 5.99. The first kappa shape index (κ1) is 12.0. The van der Waals surface area contributed by atoms with Gasteiger partial charge in [-0.2, -0.15) is 0 Å². The molecule has 1 aromatic rings. The molecule has 17 heavy (non-hydrogen) atoms. The Kier molecular flexibility index (Phi) is 4.09. The van der Waals surface area contributed by atoms with Crippen molar-refractivity contribution < 1.29 is 14.6 Å². The summed E-state index contributed by atoms with van der Waals surface area (Å²) in [5.41, 5.74) is 1.11. The maximum absolute atomic E-state index is 10.8. The molecule has 2 rings (SSSR count). The highest BCUT2D eigenvalue weighted by molar-refractivity contribution is 5.70. The maximum Gasteiger partial charge on any atom is 0.306 e. The van der Waals surface area contributed by atoms with E-state index in [0.29, 0.717) is 6.61 Å². The van der Waals surface area contributed by atoms with E-state index in [0.717, 1.165) is 31.2 Å². The molecule has 0 amide bonds. The van der Waals surface area contributed by atoms with Gasteiger partial charge in [0.15, 0.2) is 0 Å². The molecule has 4 nitrogen and oxygen atoms in total. The lowest BCUT2D eigenvalue weighted by Crippen LogP contribution is -2.25. The molecule has 0 bridgehead atoms. The Labute approximate surface area is 101 Å². The summed E-state index contributed by atoms with van der Waals surface area (Å²) in [6, 6.07) is 3.87. The van der Waals surface area contributed by atoms with Crippen LogP contribution >= 0.6 is 0 Å². The van der Waals surface area contributed by atoms with Crippen molar-refractivity contribution in [2.24, 2.45) is 5.92 Å². The van der Waals surface area contributed by atoms with Gasteiger partial charge < -0.3 is 9.84 Å². The molecule has 1 N–H and O–H groups in total. The molecule has 0 aliphatic heterocycles. The molecule has 1 saturated carbocycles. The van der Waals surface area contributed by atoms with E-state index in [1.54, 1.807) is 12.4 Å². The summed E-state index contributed by atoms with van der Waals surface area (Å²) >= 11 is 0. The molecule has 0 radical (unpaired) electrons. The second kappa shape index (κ2) is 5.77. The molecule has 1 heterocycles. The van der Waals surface area contributed by atoms with Gasteiger partial charge in [0.25, 0.3) is 0 Å². The lowest BCUT2D eigenvalue weighted by molar-refractivity contribution is -0.143. The summed E-state index contributed by atoms with van der Waals surface area (Å²) in [6.07, 6.45) is 6.87. The van der Waals surface area contributed by atoms with Crippen molar-refractivity contribution in [1.82, 2.24) is 4.98 Å². The number of aromatic nitrogens is 1. The van der Waals surface area contributed by atoms with Crippen molar-refractivity contribution in [3.63, 3.8) is 0 Å². The van der Waals surface area contributed by atoms with Crippen molar-refractivity contribution >= 4 is 5.97 Å². The van der Waals surface area contributed by atoms with Gasteiger partial charge in [-0.1, -0.05) is 0 Å². The van der Waals surface area contributed by atoms with Crippen LogP contribution < -0.4 is 0 Å². The topological polar surface area (TPSA) is 59.4 Å². The van der Waals surface area contributed by atoms with Gasteiger partial charge in [-0.25, -0.2) is 0 Å². The van der Waals surface area contributed by atoms with Crippen LogP contribution in [0.5, 0.6) is 0 Å². The molecule has 4 heteroatoms. The Morgan fingerprint density at radius 2 is 1.94 bits per heavy atom.